The Morgan fingerprint density at radius 2 is 1.77 bits per heavy atom. The summed E-state index contributed by atoms with van der Waals surface area (Å²) in [6.45, 7) is 1.57. The number of nitrogens with zero attached hydrogens (tertiary/aromatic N) is 2. The van der Waals surface area contributed by atoms with E-state index in [9.17, 15) is 13.2 Å². The molecule has 0 aliphatic carbocycles. The molecule has 1 heterocycles. The molecule has 10 nitrogen and oxygen atoms in total. The number of carbonyl (C=O) groups excluding carboxylic acids is 1. The lowest BCUT2D eigenvalue weighted by Crippen LogP contribution is -2.20. The van der Waals surface area contributed by atoms with E-state index in [1.807, 2.05) is 0 Å². The average Bonchev–Trinajstić information content (AvgIpc) is 3.29. The fourth-order valence-electron chi connectivity index (χ4n) is 2.65. The lowest BCUT2D eigenvalue weighted by atomic mass is 10.2. The molecule has 1 atom stereocenters. The van der Waals surface area contributed by atoms with Crippen molar-refractivity contribution < 1.29 is 31.8 Å². The maximum atomic E-state index is 12.6. The van der Waals surface area contributed by atoms with E-state index >= 15 is 0 Å². The Balaban J connectivity index is 1.78. The molecule has 1 N–H and O–H groups in total. The predicted octanol–water partition coefficient (Wildman–Crippen LogP) is 2.58. The van der Waals surface area contributed by atoms with E-state index in [0.29, 0.717) is 11.3 Å². The maximum absolute atomic E-state index is 12.6. The summed E-state index contributed by atoms with van der Waals surface area (Å²) in [7, 11) is 0.318. The van der Waals surface area contributed by atoms with E-state index < -0.39 is 22.1 Å². The Labute approximate surface area is 179 Å². The van der Waals surface area contributed by atoms with Gasteiger partial charge in [-0.05, 0) is 56.4 Å². The highest BCUT2D eigenvalue weighted by atomic mass is 32.2. The van der Waals surface area contributed by atoms with Crippen LogP contribution in [0.1, 0.15) is 29.3 Å². The van der Waals surface area contributed by atoms with Crippen molar-refractivity contribution >= 4 is 16.0 Å². The Bertz CT molecular complexity index is 1170. The molecule has 11 heteroatoms. The molecule has 3 rings (SSSR count). The van der Waals surface area contributed by atoms with Crippen molar-refractivity contribution in [2.24, 2.45) is 0 Å². The molecule has 31 heavy (non-hydrogen) atoms. The molecule has 0 fully saturated rings. The van der Waals surface area contributed by atoms with Crippen molar-refractivity contribution in [3.63, 3.8) is 0 Å². The fourth-order valence-corrected chi connectivity index (χ4v) is 3.57. The zero-order valence-corrected chi connectivity index (χ0v) is 18.1. The van der Waals surface area contributed by atoms with Gasteiger partial charge in [-0.25, -0.2) is 17.9 Å². The first-order chi connectivity index (χ1) is 14.8. The summed E-state index contributed by atoms with van der Waals surface area (Å²) in [6.07, 6.45) is -0.863. The molecular weight excluding hydrogens is 426 g/mol. The number of aromatic nitrogens is 2. The van der Waals surface area contributed by atoms with E-state index in [0.717, 1.165) is 0 Å². The summed E-state index contributed by atoms with van der Waals surface area (Å²) in [4.78, 5) is 12.4. The van der Waals surface area contributed by atoms with E-state index in [-0.39, 0.29) is 28.0 Å². The smallest absolute Gasteiger partial charge is 0.338 e. The topological polar surface area (TPSA) is 130 Å². The number of carbonyl (C=O) groups is 1. The second-order valence-electron chi connectivity index (χ2n) is 6.29. The number of nitrogens with one attached hydrogen (secondary N) is 1. The summed E-state index contributed by atoms with van der Waals surface area (Å²) in [5, 5.41) is 7.90. The van der Waals surface area contributed by atoms with Gasteiger partial charge in [-0.3, -0.25) is 0 Å². The molecule has 0 spiro atoms. The van der Waals surface area contributed by atoms with Crippen LogP contribution in [0.15, 0.2) is 51.8 Å². The SMILES string of the molecule is CNS(=O)(=O)c1cc(C(=O)OC(C)c2nnc(-c3ccc(OC)cc3)o2)ccc1OC. The molecule has 0 aliphatic heterocycles. The molecule has 0 saturated heterocycles. The highest BCUT2D eigenvalue weighted by Gasteiger charge is 2.24. The van der Waals surface area contributed by atoms with E-state index in [4.69, 9.17) is 18.6 Å². The van der Waals surface area contributed by atoms with Gasteiger partial charge in [0.15, 0.2) is 6.10 Å². The first-order valence-corrected chi connectivity index (χ1v) is 10.6. The van der Waals surface area contributed by atoms with Crippen LogP contribution >= 0.6 is 0 Å². The minimum Gasteiger partial charge on any atom is -0.497 e. The van der Waals surface area contributed by atoms with E-state index in [2.05, 4.69) is 14.9 Å². The first kappa shape index (κ1) is 22.2. The number of rotatable bonds is 8. The van der Waals surface area contributed by atoms with Crippen LogP contribution in [0.3, 0.4) is 0 Å². The number of hydrogen-bond donors (Lipinski definition) is 1. The molecule has 164 valence electrons. The van der Waals surface area contributed by atoms with Crippen LogP contribution in [0, 0.1) is 0 Å². The zero-order chi connectivity index (χ0) is 22.6. The molecular formula is C20H21N3O7S. The molecule has 0 saturated carbocycles. The molecule has 3 aromatic rings. The van der Waals surface area contributed by atoms with Crippen LogP contribution in [-0.2, 0) is 14.8 Å². The minimum absolute atomic E-state index is 0.0244. The van der Waals surface area contributed by atoms with Crippen molar-refractivity contribution in [3.8, 4) is 23.0 Å². The summed E-state index contributed by atoms with van der Waals surface area (Å²) >= 11 is 0. The predicted molar refractivity (Wildman–Crippen MR) is 109 cm³/mol. The Morgan fingerprint density at radius 1 is 1.06 bits per heavy atom. The van der Waals surface area contributed by atoms with Crippen LogP contribution in [0.4, 0.5) is 0 Å². The van der Waals surface area contributed by atoms with Crippen LogP contribution in [0.5, 0.6) is 11.5 Å². The van der Waals surface area contributed by atoms with Crippen molar-refractivity contribution in [1.29, 1.82) is 0 Å². The quantitative estimate of drug-likeness (QED) is 0.518. The molecule has 1 aromatic heterocycles. The van der Waals surface area contributed by atoms with Crippen LogP contribution in [0.25, 0.3) is 11.5 Å². The Morgan fingerprint density at radius 3 is 2.39 bits per heavy atom. The van der Waals surface area contributed by atoms with Gasteiger partial charge in [0.1, 0.15) is 16.4 Å². The second-order valence-corrected chi connectivity index (χ2v) is 8.15. The van der Waals surface area contributed by atoms with Crippen LogP contribution in [0.2, 0.25) is 0 Å². The number of benzene rings is 2. The summed E-state index contributed by atoms with van der Waals surface area (Å²) in [5.41, 5.74) is 0.700. The molecule has 1 unspecified atom stereocenters. The maximum Gasteiger partial charge on any atom is 0.338 e. The van der Waals surface area contributed by atoms with Crippen molar-refractivity contribution in [2.45, 2.75) is 17.9 Å². The molecule has 0 bridgehead atoms. The van der Waals surface area contributed by atoms with Crippen LogP contribution < -0.4 is 14.2 Å². The number of hydrogen-bond acceptors (Lipinski definition) is 9. The second kappa shape index (κ2) is 9.14. The summed E-state index contributed by atoms with van der Waals surface area (Å²) < 4.78 is 47.7. The molecule has 2 aromatic carbocycles. The van der Waals surface area contributed by atoms with Crippen molar-refractivity contribution in [2.75, 3.05) is 21.3 Å². The standard InChI is InChI=1S/C20H21N3O7S/c1-12(18-22-23-19(30-18)13-5-8-15(27-3)9-6-13)29-20(24)14-7-10-16(28-4)17(11-14)31(25,26)21-2/h5-12,21H,1-4H3. The highest BCUT2D eigenvalue weighted by Crippen LogP contribution is 2.27. The third kappa shape index (κ3) is 4.84. The van der Waals surface area contributed by atoms with Gasteiger partial charge in [-0.1, -0.05) is 0 Å². The Kier molecular flexibility index (Phi) is 6.56. The van der Waals surface area contributed by atoms with Gasteiger partial charge in [0.2, 0.25) is 15.9 Å². The monoisotopic (exact) mass is 447 g/mol. The fraction of sp³-hybridized carbons (Fsp3) is 0.250. The van der Waals surface area contributed by atoms with Crippen molar-refractivity contribution in [1.82, 2.24) is 14.9 Å². The molecule has 0 radical (unpaired) electrons. The lowest BCUT2D eigenvalue weighted by Gasteiger charge is -2.12. The van der Waals surface area contributed by atoms with E-state index in [1.54, 1.807) is 38.3 Å². The third-order valence-corrected chi connectivity index (χ3v) is 5.80. The third-order valence-electron chi connectivity index (χ3n) is 4.37. The van der Waals surface area contributed by atoms with Gasteiger partial charge < -0.3 is 18.6 Å². The highest BCUT2D eigenvalue weighted by molar-refractivity contribution is 7.89. The first-order valence-electron chi connectivity index (χ1n) is 9.09. The molecule has 0 aliphatic rings. The molecule has 0 amide bonds. The minimum atomic E-state index is -3.84. The largest absolute Gasteiger partial charge is 0.497 e. The normalized spacial score (nSPS) is 12.3. The number of methoxy groups -OCH3 is 2. The lowest BCUT2D eigenvalue weighted by molar-refractivity contribution is 0.0279. The van der Waals surface area contributed by atoms with Gasteiger partial charge in [0, 0.05) is 5.56 Å². The Hall–Kier alpha value is -3.44. The van der Waals surface area contributed by atoms with Gasteiger partial charge >= 0.3 is 5.97 Å². The summed E-state index contributed by atoms with van der Waals surface area (Å²) in [5.74, 6) is 0.375. The van der Waals surface area contributed by atoms with Gasteiger partial charge in [0.05, 0.1) is 19.8 Å². The van der Waals surface area contributed by atoms with Crippen LogP contribution in [-0.4, -0.2) is 45.9 Å². The van der Waals surface area contributed by atoms with Gasteiger partial charge in [-0.15, -0.1) is 10.2 Å². The zero-order valence-electron chi connectivity index (χ0n) is 17.3. The number of esters is 1. The van der Waals surface area contributed by atoms with E-state index in [1.165, 1.54) is 32.4 Å². The van der Waals surface area contributed by atoms with Crippen molar-refractivity contribution in [3.05, 3.63) is 53.9 Å². The summed E-state index contributed by atoms with van der Waals surface area (Å²) in [6, 6.07) is 11.0. The number of sulfonamides is 1. The van der Waals surface area contributed by atoms with Gasteiger partial charge in [-0.2, -0.15) is 0 Å². The average molecular weight is 447 g/mol. The van der Waals surface area contributed by atoms with Gasteiger partial charge in [0.25, 0.3) is 5.89 Å². The number of ether oxygens (including phenoxy) is 3.